The summed E-state index contributed by atoms with van der Waals surface area (Å²) in [5, 5.41) is 0. The van der Waals surface area contributed by atoms with Crippen LogP contribution in [0.1, 0.15) is 45.7 Å². The zero-order chi connectivity index (χ0) is 16.2. The molecule has 0 saturated heterocycles. The number of rotatable bonds is 6. The molecule has 2 nitrogen and oxygen atoms in total. The normalized spacial score (nSPS) is 14.6. The van der Waals surface area contributed by atoms with Crippen LogP contribution in [0.5, 0.6) is 0 Å². The first-order valence-corrected chi connectivity index (χ1v) is 8.92. The molecule has 0 aliphatic carbocycles. The lowest BCUT2D eigenvalue weighted by Crippen LogP contribution is -2.42. The summed E-state index contributed by atoms with van der Waals surface area (Å²) in [4.78, 5) is 0. The summed E-state index contributed by atoms with van der Waals surface area (Å²) in [6.45, 7) is 8.18. The fraction of sp³-hybridized carbons (Fsp3) is 0.368. The summed E-state index contributed by atoms with van der Waals surface area (Å²) in [6, 6.07) is 18.9. The first-order chi connectivity index (χ1) is 10.4. The smallest absolute Gasteiger partial charge is 0.139 e. The van der Waals surface area contributed by atoms with E-state index in [0.29, 0.717) is 0 Å². The Bertz CT molecular complexity index is 580. The van der Waals surface area contributed by atoms with Crippen molar-refractivity contribution < 1.29 is 4.55 Å². The topological polar surface area (TPSA) is 35.1 Å². The molecule has 118 valence electrons. The Hall–Kier alpha value is -1.29. The number of hydrogen-bond acceptors (Lipinski definition) is 2. The van der Waals surface area contributed by atoms with E-state index >= 15 is 0 Å². The van der Waals surface area contributed by atoms with Gasteiger partial charge < -0.3 is 4.55 Å². The van der Waals surface area contributed by atoms with Gasteiger partial charge in [-0.2, -0.15) is 0 Å². The third-order valence-electron chi connectivity index (χ3n) is 4.15. The molecule has 0 aliphatic heterocycles. The van der Waals surface area contributed by atoms with Gasteiger partial charge in [0.15, 0.2) is 0 Å². The van der Waals surface area contributed by atoms with Gasteiger partial charge in [0.05, 0.1) is 6.04 Å². The van der Waals surface area contributed by atoms with Gasteiger partial charge >= 0.3 is 0 Å². The highest BCUT2D eigenvalue weighted by atomic mass is 32.2. The van der Waals surface area contributed by atoms with Gasteiger partial charge in [0.2, 0.25) is 0 Å². The van der Waals surface area contributed by atoms with Crippen LogP contribution in [0.15, 0.2) is 54.6 Å². The monoisotopic (exact) mass is 315 g/mol. The molecule has 22 heavy (non-hydrogen) atoms. The lowest BCUT2D eigenvalue weighted by Gasteiger charge is -2.29. The van der Waals surface area contributed by atoms with Crippen LogP contribution in [0.4, 0.5) is 0 Å². The van der Waals surface area contributed by atoms with Crippen LogP contribution >= 0.6 is 0 Å². The molecule has 0 radical (unpaired) electrons. The van der Waals surface area contributed by atoms with Crippen LogP contribution < -0.4 is 4.72 Å². The zero-order valence-electron chi connectivity index (χ0n) is 13.8. The predicted molar refractivity (Wildman–Crippen MR) is 95.9 cm³/mol. The van der Waals surface area contributed by atoms with Crippen molar-refractivity contribution in [3.8, 4) is 11.1 Å². The van der Waals surface area contributed by atoms with E-state index in [1.807, 2.05) is 32.0 Å². The Morgan fingerprint density at radius 3 is 2.09 bits per heavy atom. The van der Waals surface area contributed by atoms with E-state index in [4.69, 9.17) is 0 Å². The fourth-order valence-electron chi connectivity index (χ4n) is 2.11. The third-order valence-corrected chi connectivity index (χ3v) is 6.02. The van der Waals surface area contributed by atoms with Crippen LogP contribution in [0.25, 0.3) is 11.1 Å². The summed E-state index contributed by atoms with van der Waals surface area (Å²) in [7, 11) is 0. The van der Waals surface area contributed by atoms with Crippen LogP contribution in [0, 0.1) is 0 Å². The largest absolute Gasteiger partial charge is 0.598 e. The van der Waals surface area contributed by atoms with Crippen molar-refractivity contribution in [1.29, 1.82) is 0 Å². The van der Waals surface area contributed by atoms with Crippen molar-refractivity contribution in [2.75, 3.05) is 0 Å². The molecule has 2 rings (SSSR count). The van der Waals surface area contributed by atoms with Crippen molar-refractivity contribution in [2.45, 2.75) is 44.9 Å². The van der Waals surface area contributed by atoms with Crippen LogP contribution in [0.2, 0.25) is 0 Å². The van der Waals surface area contributed by atoms with Crippen molar-refractivity contribution >= 4 is 11.4 Å². The van der Waals surface area contributed by atoms with E-state index in [2.05, 4.69) is 55.0 Å². The van der Waals surface area contributed by atoms with E-state index in [0.717, 1.165) is 12.0 Å². The molecule has 2 atom stereocenters. The average molecular weight is 315 g/mol. The summed E-state index contributed by atoms with van der Waals surface area (Å²) in [5.74, 6) is 0. The maximum absolute atomic E-state index is 12.4. The minimum absolute atomic E-state index is 0.0662. The van der Waals surface area contributed by atoms with Crippen molar-refractivity contribution in [3.05, 3.63) is 60.2 Å². The maximum Gasteiger partial charge on any atom is 0.139 e. The SMILES string of the molecule is CCC(C)(C)[S+]([O-])N[C@@H](C)c1ccc(-c2ccccc2)cc1. The molecule has 0 saturated carbocycles. The van der Waals surface area contributed by atoms with Crippen molar-refractivity contribution in [3.63, 3.8) is 0 Å². The predicted octanol–water partition coefficient (Wildman–Crippen LogP) is 4.86. The van der Waals surface area contributed by atoms with E-state index in [1.54, 1.807) is 0 Å². The third kappa shape index (κ3) is 4.13. The highest BCUT2D eigenvalue weighted by molar-refractivity contribution is 7.90. The van der Waals surface area contributed by atoms with E-state index in [1.165, 1.54) is 11.1 Å². The first kappa shape index (κ1) is 17.1. The van der Waals surface area contributed by atoms with Gasteiger partial charge in [-0.25, -0.2) is 0 Å². The molecule has 0 spiro atoms. The van der Waals surface area contributed by atoms with E-state index < -0.39 is 11.4 Å². The van der Waals surface area contributed by atoms with Gasteiger partial charge in [-0.3, -0.25) is 0 Å². The Balaban J connectivity index is 2.07. The van der Waals surface area contributed by atoms with E-state index in [9.17, 15) is 4.55 Å². The molecular weight excluding hydrogens is 290 g/mol. The molecule has 0 heterocycles. The van der Waals surface area contributed by atoms with Crippen LogP contribution in [0.3, 0.4) is 0 Å². The van der Waals surface area contributed by atoms with Crippen LogP contribution in [-0.4, -0.2) is 9.30 Å². The van der Waals surface area contributed by atoms with Crippen molar-refractivity contribution in [1.82, 2.24) is 4.72 Å². The highest BCUT2D eigenvalue weighted by Crippen LogP contribution is 2.25. The summed E-state index contributed by atoms with van der Waals surface area (Å²) in [6.07, 6.45) is 0.881. The lowest BCUT2D eigenvalue weighted by molar-refractivity contribution is 0.512. The Morgan fingerprint density at radius 1 is 1.00 bits per heavy atom. The molecule has 3 heteroatoms. The molecule has 1 N–H and O–H groups in total. The average Bonchev–Trinajstić information content (AvgIpc) is 2.55. The zero-order valence-corrected chi connectivity index (χ0v) is 14.6. The Morgan fingerprint density at radius 2 is 1.55 bits per heavy atom. The van der Waals surface area contributed by atoms with Crippen LogP contribution in [-0.2, 0) is 11.4 Å². The molecule has 0 amide bonds. The molecule has 0 bridgehead atoms. The molecule has 0 aromatic heterocycles. The minimum atomic E-state index is -1.05. The van der Waals surface area contributed by atoms with Crippen molar-refractivity contribution in [2.24, 2.45) is 0 Å². The van der Waals surface area contributed by atoms with Gasteiger partial charge in [0, 0.05) is 11.4 Å². The van der Waals surface area contributed by atoms with E-state index in [-0.39, 0.29) is 10.8 Å². The highest BCUT2D eigenvalue weighted by Gasteiger charge is 2.31. The first-order valence-electron chi connectivity index (χ1n) is 7.77. The number of benzene rings is 2. The van der Waals surface area contributed by atoms with Gasteiger partial charge in [-0.15, -0.1) is 4.72 Å². The van der Waals surface area contributed by atoms with Gasteiger partial charge in [-0.05, 0) is 43.9 Å². The second-order valence-corrected chi connectivity index (χ2v) is 8.09. The Kier molecular flexibility index (Phi) is 5.68. The molecule has 0 aliphatic rings. The van der Waals surface area contributed by atoms with Gasteiger partial charge in [-0.1, -0.05) is 61.5 Å². The summed E-state index contributed by atoms with van der Waals surface area (Å²) >= 11 is -1.05. The second-order valence-electron chi connectivity index (χ2n) is 6.21. The minimum Gasteiger partial charge on any atom is -0.598 e. The second kappa shape index (κ2) is 7.32. The Labute approximate surface area is 137 Å². The molecule has 0 fully saturated rings. The van der Waals surface area contributed by atoms with Gasteiger partial charge in [0.1, 0.15) is 4.75 Å². The number of hydrogen-bond donors (Lipinski definition) is 1. The summed E-state index contributed by atoms with van der Waals surface area (Å²) < 4.78 is 15.4. The molecule has 2 aromatic rings. The fourth-order valence-corrected chi connectivity index (χ4v) is 3.15. The lowest BCUT2D eigenvalue weighted by atomic mass is 10.0. The molecule has 1 unspecified atom stereocenters. The standard InChI is InChI=1S/C19H25NOS/c1-5-19(3,4)22(21)20-15(2)16-11-13-18(14-12-16)17-9-7-6-8-10-17/h6-15,20H,5H2,1-4H3/t15-,22?/m0/s1. The summed E-state index contributed by atoms with van der Waals surface area (Å²) in [5.41, 5.74) is 3.57. The molecular formula is C19H25NOS. The quantitative estimate of drug-likeness (QED) is 0.773. The van der Waals surface area contributed by atoms with Gasteiger partial charge in [0.25, 0.3) is 0 Å². The molecule has 2 aromatic carbocycles. The maximum atomic E-state index is 12.4. The number of nitrogens with one attached hydrogen (secondary N) is 1.